The second-order valence-electron chi connectivity index (χ2n) is 7.30. The maximum absolute atomic E-state index is 12.9. The molecule has 3 rings (SSSR count). The summed E-state index contributed by atoms with van der Waals surface area (Å²) in [6, 6.07) is 8.64. The minimum atomic E-state index is -4.41. The van der Waals surface area contributed by atoms with Crippen LogP contribution in [0.4, 0.5) is 24.5 Å². The van der Waals surface area contributed by atoms with Crippen molar-refractivity contribution in [3.05, 3.63) is 47.5 Å². The van der Waals surface area contributed by atoms with Gasteiger partial charge in [-0.3, -0.25) is 4.79 Å². The largest absolute Gasteiger partial charge is 0.453 e. The molecule has 0 spiro atoms. The fraction of sp³-hybridized carbons (Fsp3) is 0.381. The van der Waals surface area contributed by atoms with Crippen LogP contribution in [-0.2, 0) is 17.5 Å². The van der Waals surface area contributed by atoms with Gasteiger partial charge in [-0.2, -0.15) is 13.2 Å². The van der Waals surface area contributed by atoms with Gasteiger partial charge in [-0.25, -0.2) is 0 Å². The Hall–Kier alpha value is -2.74. The number of nitrogens with zero attached hydrogens (tertiary/aromatic N) is 1. The molecular formula is C21H24F3N3O2. The summed E-state index contributed by atoms with van der Waals surface area (Å²) < 4.78 is 44.4. The number of anilines is 2. The zero-order valence-corrected chi connectivity index (χ0v) is 16.4. The van der Waals surface area contributed by atoms with Crippen molar-refractivity contribution in [1.29, 1.82) is 0 Å². The average Bonchev–Trinajstić information content (AvgIpc) is 2.66. The average molecular weight is 407 g/mol. The van der Waals surface area contributed by atoms with Crippen LogP contribution >= 0.6 is 0 Å². The number of halogens is 3. The predicted molar refractivity (Wildman–Crippen MR) is 105 cm³/mol. The van der Waals surface area contributed by atoms with Crippen LogP contribution in [0.3, 0.4) is 0 Å². The van der Waals surface area contributed by atoms with Gasteiger partial charge in [0.25, 0.3) is 0 Å². The molecule has 1 aliphatic rings. The number of rotatable bonds is 7. The highest BCUT2D eigenvalue weighted by atomic mass is 19.4. The summed E-state index contributed by atoms with van der Waals surface area (Å²) in [6.45, 7) is 1.32. The van der Waals surface area contributed by atoms with E-state index in [4.69, 9.17) is 4.74 Å². The lowest BCUT2D eigenvalue weighted by atomic mass is 10.1. The van der Waals surface area contributed by atoms with Gasteiger partial charge >= 0.3 is 6.18 Å². The molecule has 0 fully saturated rings. The van der Waals surface area contributed by atoms with Crippen LogP contribution < -0.4 is 15.4 Å². The first-order valence-electron chi connectivity index (χ1n) is 9.43. The molecule has 0 aliphatic carbocycles. The third-order valence-corrected chi connectivity index (χ3v) is 4.59. The zero-order valence-electron chi connectivity index (χ0n) is 16.4. The maximum Gasteiger partial charge on any atom is 0.416 e. The topological polar surface area (TPSA) is 53.6 Å². The van der Waals surface area contributed by atoms with E-state index in [-0.39, 0.29) is 11.6 Å². The summed E-state index contributed by atoms with van der Waals surface area (Å²) in [4.78, 5) is 14.1. The van der Waals surface area contributed by atoms with Crippen molar-refractivity contribution in [3.8, 4) is 11.5 Å². The van der Waals surface area contributed by atoms with E-state index in [1.807, 2.05) is 14.1 Å². The van der Waals surface area contributed by atoms with Crippen molar-refractivity contribution >= 4 is 17.3 Å². The van der Waals surface area contributed by atoms with Gasteiger partial charge < -0.3 is 20.3 Å². The minimum Gasteiger partial charge on any atom is -0.453 e. The van der Waals surface area contributed by atoms with Gasteiger partial charge in [0.2, 0.25) is 5.91 Å². The molecule has 0 unspecified atom stereocenters. The van der Waals surface area contributed by atoms with Crippen LogP contribution in [0.2, 0.25) is 0 Å². The monoisotopic (exact) mass is 407 g/mol. The molecule has 8 heteroatoms. The van der Waals surface area contributed by atoms with E-state index in [1.54, 1.807) is 18.2 Å². The van der Waals surface area contributed by atoms with Crippen LogP contribution in [0.25, 0.3) is 0 Å². The Morgan fingerprint density at radius 3 is 2.59 bits per heavy atom. The SMILES string of the molecule is CN(C)CCCCC(=O)NCc1ccc2c(c1)Oc1ccc(C(F)(F)F)cc1N2. The minimum absolute atomic E-state index is 0.00875. The van der Waals surface area contributed by atoms with Crippen molar-refractivity contribution in [3.63, 3.8) is 0 Å². The van der Waals surface area contributed by atoms with Crippen molar-refractivity contribution in [2.75, 3.05) is 26.0 Å². The summed E-state index contributed by atoms with van der Waals surface area (Å²) in [6.07, 6.45) is -2.14. The van der Waals surface area contributed by atoms with Gasteiger partial charge in [0.05, 0.1) is 16.9 Å². The number of fused-ring (bicyclic) bond motifs is 2. The molecule has 0 aromatic heterocycles. The van der Waals surface area contributed by atoms with Gasteiger partial charge in [0.15, 0.2) is 11.5 Å². The summed E-state index contributed by atoms with van der Waals surface area (Å²) >= 11 is 0. The zero-order chi connectivity index (χ0) is 21.0. The second kappa shape index (κ2) is 8.73. The number of hydrogen-bond acceptors (Lipinski definition) is 4. The highest BCUT2D eigenvalue weighted by Crippen LogP contribution is 2.44. The molecule has 0 saturated carbocycles. The summed E-state index contributed by atoms with van der Waals surface area (Å²) in [5.41, 5.74) is 0.963. The van der Waals surface area contributed by atoms with Gasteiger partial charge in [-0.05, 0) is 69.4 Å². The fourth-order valence-corrected chi connectivity index (χ4v) is 3.02. The highest BCUT2D eigenvalue weighted by molar-refractivity contribution is 5.77. The number of hydrogen-bond donors (Lipinski definition) is 2. The van der Waals surface area contributed by atoms with Crippen molar-refractivity contribution in [2.24, 2.45) is 0 Å². The molecule has 5 nitrogen and oxygen atoms in total. The molecule has 0 radical (unpaired) electrons. The van der Waals surface area contributed by atoms with E-state index in [0.29, 0.717) is 30.2 Å². The van der Waals surface area contributed by atoms with Crippen LogP contribution in [0, 0.1) is 0 Å². The number of benzene rings is 2. The van der Waals surface area contributed by atoms with E-state index >= 15 is 0 Å². The summed E-state index contributed by atoms with van der Waals surface area (Å²) in [5.74, 6) is 0.827. The molecule has 156 valence electrons. The molecule has 2 aromatic rings. The number of ether oxygens (including phenoxy) is 1. The lowest BCUT2D eigenvalue weighted by Crippen LogP contribution is -2.23. The highest BCUT2D eigenvalue weighted by Gasteiger charge is 2.32. The third-order valence-electron chi connectivity index (χ3n) is 4.59. The smallest absolute Gasteiger partial charge is 0.416 e. The number of nitrogens with one attached hydrogen (secondary N) is 2. The molecule has 29 heavy (non-hydrogen) atoms. The summed E-state index contributed by atoms with van der Waals surface area (Å²) in [7, 11) is 4.00. The van der Waals surface area contributed by atoms with Crippen LogP contribution in [0.1, 0.15) is 30.4 Å². The first-order valence-corrected chi connectivity index (χ1v) is 9.43. The fourth-order valence-electron chi connectivity index (χ4n) is 3.02. The van der Waals surface area contributed by atoms with Crippen molar-refractivity contribution in [1.82, 2.24) is 10.2 Å². The number of amides is 1. The molecular weight excluding hydrogens is 383 g/mol. The predicted octanol–water partition coefficient (Wildman–Crippen LogP) is 4.90. The Balaban J connectivity index is 1.58. The molecule has 2 N–H and O–H groups in total. The van der Waals surface area contributed by atoms with Gasteiger partial charge in [0.1, 0.15) is 0 Å². The van der Waals surface area contributed by atoms with Crippen molar-refractivity contribution in [2.45, 2.75) is 32.0 Å². The Morgan fingerprint density at radius 1 is 1.07 bits per heavy atom. The Kier molecular flexibility index (Phi) is 6.32. The Bertz CT molecular complexity index is 882. The number of unbranched alkanes of at least 4 members (excludes halogenated alkanes) is 1. The second-order valence-corrected chi connectivity index (χ2v) is 7.30. The van der Waals surface area contributed by atoms with Crippen LogP contribution in [0.5, 0.6) is 11.5 Å². The molecule has 0 bridgehead atoms. The molecule has 2 aromatic carbocycles. The standard InChI is InChI=1S/C21H24F3N3O2/c1-27(2)10-4-3-5-20(28)25-13-14-6-8-16-19(11-14)29-18-9-7-15(21(22,23)24)12-17(18)26-16/h6-9,11-12,26H,3-5,10,13H2,1-2H3,(H,25,28). The van der Waals surface area contributed by atoms with E-state index < -0.39 is 11.7 Å². The lowest BCUT2D eigenvalue weighted by molar-refractivity contribution is -0.137. The van der Waals surface area contributed by atoms with Gasteiger partial charge in [-0.15, -0.1) is 0 Å². The lowest BCUT2D eigenvalue weighted by Gasteiger charge is -2.23. The molecule has 0 saturated heterocycles. The Morgan fingerprint density at radius 2 is 1.86 bits per heavy atom. The van der Waals surface area contributed by atoms with E-state index in [2.05, 4.69) is 15.5 Å². The first-order chi connectivity index (χ1) is 13.7. The van der Waals surface area contributed by atoms with Gasteiger partial charge in [-0.1, -0.05) is 6.07 Å². The summed E-state index contributed by atoms with van der Waals surface area (Å²) in [5, 5.41) is 5.86. The Labute approximate surface area is 167 Å². The van der Waals surface area contributed by atoms with Crippen LogP contribution in [-0.4, -0.2) is 31.4 Å². The first kappa shape index (κ1) is 21.0. The number of carbonyl (C=O) groups is 1. The molecule has 1 heterocycles. The van der Waals surface area contributed by atoms with Gasteiger partial charge in [0, 0.05) is 13.0 Å². The van der Waals surface area contributed by atoms with E-state index in [1.165, 1.54) is 6.07 Å². The number of alkyl halides is 3. The van der Waals surface area contributed by atoms with E-state index in [9.17, 15) is 18.0 Å². The van der Waals surface area contributed by atoms with Crippen molar-refractivity contribution < 1.29 is 22.7 Å². The number of carbonyl (C=O) groups excluding carboxylic acids is 1. The quantitative estimate of drug-likeness (QED) is 0.547. The molecule has 1 aliphatic heterocycles. The molecule has 0 atom stereocenters. The molecule has 1 amide bonds. The maximum atomic E-state index is 12.9. The van der Waals surface area contributed by atoms with Crippen LogP contribution in [0.15, 0.2) is 36.4 Å². The normalized spacial score (nSPS) is 12.6. The van der Waals surface area contributed by atoms with E-state index in [0.717, 1.165) is 37.1 Å². The third kappa shape index (κ3) is 5.63.